The first kappa shape index (κ1) is 12.3. The van der Waals surface area contributed by atoms with E-state index in [2.05, 4.69) is 14.7 Å². The Balaban J connectivity index is 2.19. The lowest BCUT2D eigenvalue weighted by atomic mass is 10.2. The van der Waals surface area contributed by atoms with Crippen molar-refractivity contribution in [2.45, 2.75) is 10.4 Å². The van der Waals surface area contributed by atoms with Gasteiger partial charge in [0.2, 0.25) is 5.82 Å². The molecule has 1 heterocycles. The van der Waals surface area contributed by atoms with Gasteiger partial charge in [0.05, 0.1) is 0 Å². The molecular weight excluding hydrogens is 277 g/mol. The van der Waals surface area contributed by atoms with E-state index < -0.39 is 5.51 Å². The highest BCUT2D eigenvalue weighted by atomic mass is 35.5. The molecule has 17 heavy (non-hydrogen) atoms. The second-order valence-electron chi connectivity index (χ2n) is 2.94. The summed E-state index contributed by atoms with van der Waals surface area (Å²) >= 11 is 5.26. The monoisotopic (exact) mass is 280 g/mol. The van der Waals surface area contributed by atoms with Crippen LogP contribution in [0.3, 0.4) is 0 Å². The number of aromatic nitrogens is 2. The molecule has 3 nitrogen and oxygen atoms in total. The van der Waals surface area contributed by atoms with E-state index in [1.54, 1.807) is 0 Å². The SMILES string of the molecule is FC(F)(F)Sc1ccc(-c2noc(Cl)n2)cc1. The van der Waals surface area contributed by atoms with Crippen LogP contribution in [-0.2, 0) is 0 Å². The van der Waals surface area contributed by atoms with Gasteiger partial charge in [0.1, 0.15) is 0 Å². The molecule has 8 heteroatoms. The van der Waals surface area contributed by atoms with Gasteiger partial charge in [-0.05, 0) is 47.6 Å². The van der Waals surface area contributed by atoms with Crippen LogP contribution in [0.15, 0.2) is 33.7 Å². The first-order valence-electron chi connectivity index (χ1n) is 4.29. The average molecular weight is 281 g/mol. The zero-order chi connectivity index (χ0) is 12.5. The Labute approximate surface area is 103 Å². The van der Waals surface area contributed by atoms with Gasteiger partial charge in [0.15, 0.2) is 0 Å². The standard InChI is InChI=1S/C9H4ClF3N2OS/c10-8-14-7(15-16-8)5-1-3-6(4-2-5)17-9(11,12)13/h1-4H. The fourth-order valence-corrected chi connectivity index (χ4v) is 1.78. The molecule has 1 aromatic heterocycles. The molecule has 2 rings (SSSR count). The summed E-state index contributed by atoms with van der Waals surface area (Å²) in [6.45, 7) is 0. The Morgan fingerprint density at radius 3 is 2.29 bits per heavy atom. The topological polar surface area (TPSA) is 38.9 Å². The summed E-state index contributed by atoms with van der Waals surface area (Å²) < 4.78 is 40.8. The summed E-state index contributed by atoms with van der Waals surface area (Å²) in [6.07, 6.45) is 0. The zero-order valence-corrected chi connectivity index (χ0v) is 9.60. The maximum absolute atomic E-state index is 12.1. The predicted octanol–water partition coefficient (Wildman–Crippen LogP) is 4.00. The van der Waals surface area contributed by atoms with Crippen molar-refractivity contribution in [2.24, 2.45) is 0 Å². The molecule has 0 fully saturated rings. The van der Waals surface area contributed by atoms with E-state index in [1.165, 1.54) is 24.3 Å². The van der Waals surface area contributed by atoms with E-state index in [9.17, 15) is 13.2 Å². The minimum Gasteiger partial charge on any atom is -0.321 e. The van der Waals surface area contributed by atoms with Gasteiger partial charge in [0, 0.05) is 10.5 Å². The number of alkyl halides is 3. The normalized spacial score (nSPS) is 11.8. The fraction of sp³-hybridized carbons (Fsp3) is 0.111. The van der Waals surface area contributed by atoms with Gasteiger partial charge < -0.3 is 4.52 Å². The van der Waals surface area contributed by atoms with Crippen molar-refractivity contribution in [2.75, 3.05) is 0 Å². The number of benzene rings is 1. The Kier molecular flexibility index (Phi) is 3.30. The Bertz CT molecular complexity index is 512. The van der Waals surface area contributed by atoms with Crippen molar-refractivity contribution < 1.29 is 17.7 Å². The molecule has 0 N–H and O–H groups in total. The third-order valence-corrected chi connectivity index (χ3v) is 2.64. The summed E-state index contributed by atoms with van der Waals surface area (Å²) in [5.74, 6) is 0.235. The van der Waals surface area contributed by atoms with Crippen LogP contribution in [0.25, 0.3) is 11.4 Å². The van der Waals surface area contributed by atoms with Crippen LogP contribution in [0.1, 0.15) is 0 Å². The molecule has 0 aliphatic carbocycles. The summed E-state index contributed by atoms with van der Waals surface area (Å²) in [7, 11) is 0. The summed E-state index contributed by atoms with van der Waals surface area (Å²) in [4.78, 5) is 3.84. The lowest BCUT2D eigenvalue weighted by molar-refractivity contribution is -0.0328. The van der Waals surface area contributed by atoms with Gasteiger partial charge in [-0.3, -0.25) is 0 Å². The lowest BCUT2D eigenvalue weighted by Gasteiger charge is -2.05. The fourth-order valence-electron chi connectivity index (χ4n) is 1.13. The van der Waals surface area contributed by atoms with Crippen LogP contribution >= 0.6 is 23.4 Å². The number of nitrogens with zero attached hydrogens (tertiary/aromatic N) is 2. The van der Waals surface area contributed by atoms with Crippen molar-refractivity contribution >= 4 is 23.4 Å². The van der Waals surface area contributed by atoms with Crippen LogP contribution < -0.4 is 0 Å². The van der Waals surface area contributed by atoms with Gasteiger partial charge in [-0.15, -0.1) is 0 Å². The Morgan fingerprint density at radius 1 is 1.18 bits per heavy atom. The van der Waals surface area contributed by atoms with Crippen molar-refractivity contribution in [3.63, 3.8) is 0 Å². The maximum Gasteiger partial charge on any atom is 0.446 e. The highest BCUT2D eigenvalue weighted by Gasteiger charge is 2.29. The first-order valence-corrected chi connectivity index (χ1v) is 5.49. The number of hydrogen-bond donors (Lipinski definition) is 0. The van der Waals surface area contributed by atoms with Crippen LogP contribution in [0.2, 0.25) is 5.35 Å². The van der Waals surface area contributed by atoms with E-state index in [-0.39, 0.29) is 27.8 Å². The minimum atomic E-state index is -4.29. The van der Waals surface area contributed by atoms with Gasteiger partial charge in [0.25, 0.3) is 0 Å². The van der Waals surface area contributed by atoms with Crippen LogP contribution in [0, 0.1) is 0 Å². The highest BCUT2D eigenvalue weighted by Crippen LogP contribution is 2.37. The molecule has 0 saturated carbocycles. The predicted molar refractivity (Wildman–Crippen MR) is 56.7 cm³/mol. The molecule has 0 atom stereocenters. The summed E-state index contributed by atoms with van der Waals surface area (Å²) in [5, 5.41) is 3.43. The van der Waals surface area contributed by atoms with Crippen molar-refractivity contribution in [1.29, 1.82) is 0 Å². The Hall–Kier alpha value is -1.21. The molecule has 0 spiro atoms. The molecule has 0 unspecified atom stereocenters. The van der Waals surface area contributed by atoms with Gasteiger partial charge in [-0.2, -0.15) is 18.2 Å². The molecule has 1 aromatic carbocycles. The minimum absolute atomic E-state index is 0.0934. The molecule has 0 saturated heterocycles. The number of thioether (sulfide) groups is 1. The van der Waals surface area contributed by atoms with E-state index in [0.717, 1.165) is 0 Å². The molecule has 0 amide bonds. The zero-order valence-electron chi connectivity index (χ0n) is 8.03. The summed E-state index contributed by atoms with van der Waals surface area (Å²) in [6, 6.07) is 5.60. The van der Waals surface area contributed by atoms with Gasteiger partial charge in [-0.25, -0.2) is 0 Å². The molecular formula is C9H4ClF3N2OS. The van der Waals surface area contributed by atoms with E-state index in [1.807, 2.05) is 0 Å². The van der Waals surface area contributed by atoms with E-state index in [0.29, 0.717) is 5.56 Å². The van der Waals surface area contributed by atoms with Crippen LogP contribution in [0.5, 0.6) is 0 Å². The van der Waals surface area contributed by atoms with Gasteiger partial charge >= 0.3 is 10.9 Å². The largest absolute Gasteiger partial charge is 0.446 e. The quantitative estimate of drug-likeness (QED) is 0.779. The number of halogens is 4. The van der Waals surface area contributed by atoms with Crippen LogP contribution in [0.4, 0.5) is 13.2 Å². The second kappa shape index (κ2) is 4.58. The molecule has 0 aliphatic rings. The summed E-state index contributed by atoms with van der Waals surface area (Å²) in [5.41, 5.74) is -3.76. The van der Waals surface area contributed by atoms with E-state index >= 15 is 0 Å². The smallest absolute Gasteiger partial charge is 0.321 e. The maximum atomic E-state index is 12.1. The van der Waals surface area contributed by atoms with Crippen molar-refractivity contribution in [3.8, 4) is 11.4 Å². The molecule has 2 aromatic rings. The molecule has 0 bridgehead atoms. The van der Waals surface area contributed by atoms with Crippen molar-refractivity contribution in [1.82, 2.24) is 10.1 Å². The number of rotatable bonds is 2. The molecule has 90 valence electrons. The average Bonchev–Trinajstić information content (AvgIpc) is 2.63. The molecule has 0 radical (unpaired) electrons. The third-order valence-electron chi connectivity index (χ3n) is 1.75. The van der Waals surface area contributed by atoms with Gasteiger partial charge in [-0.1, -0.05) is 5.16 Å². The van der Waals surface area contributed by atoms with Crippen molar-refractivity contribution in [3.05, 3.63) is 29.6 Å². The third kappa shape index (κ3) is 3.37. The number of hydrogen-bond acceptors (Lipinski definition) is 4. The highest BCUT2D eigenvalue weighted by molar-refractivity contribution is 8.00. The first-order chi connectivity index (χ1) is 7.94. The Morgan fingerprint density at radius 2 is 1.82 bits per heavy atom. The molecule has 0 aliphatic heterocycles. The van der Waals surface area contributed by atoms with E-state index in [4.69, 9.17) is 11.6 Å². The lowest BCUT2D eigenvalue weighted by Crippen LogP contribution is -1.98. The second-order valence-corrected chi connectivity index (χ2v) is 4.40. The van der Waals surface area contributed by atoms with Crippen LogP contribution in [-0.4, -0.2) is 15.6 Å².